The van der Waals surface area contributed by atoms with E-state index in [1.807, 2.05) is 32.9 Å². The third-order valence-electron chi connectivity index (χ3n) is 3.25. The predicted molar refractivity (Wildman–Crippen MR) is 76.0 cm³/mol. The van der Waals surface area contributed by atoms with E-state index >= 15 is 0 Å². The molecule has 1 aromatic rings. The molecule has 1 amide bonds. The Bertz CT molecular complexity index is 465. The van der Waals surface area contributed by atoms with E-state index in [9.17, 15) is 4.79 Å². The summed E-state index contributed by atoms with van der Waals surface area (Å²) in [5.74, 6) is 1.02. The first kappa shape index (κ1) is 14.6. The van der Waals surface area contributed by atoms with Crippen molar-refractivity contribution in [2.75, 3.05) is 20.2 Å². The van der Waals surface area contributed by atoms with Crippen molar-refractivity contribution in [2.45, 2.75) is 38.7 Å². The zero-order chi connectivity index (χ0) is 14.8. The first-order valence-corrected chi connectivity index (χ1v) is 6.87. The Morgan fingerprint density at radius 3 is 2.70 bits per heavy atom. The molecule has 20 heavy (non-hydrogen) atoms. The van der Waals surface area contributed by atoms with Gasteiger partial charge in [-0.25, -0.2) is 4.79 Å². The van der Waals surface area contributed by atoms with Crippen LogP contribution in [0.5, 0.6) is 5.75 Å². The molecule has 0 N–H and O–H groups in total. The Balaban J connectivity index is 1.96. The van der Waals surface area contributed by atoms with E-state index in [1.54, 1.807) is 18.2 Å². The number of rotatable bonds is 2. The van der Waals surface area contributed by atoms with Crippen molar-refractivity contribution in [3.05, 3.63) is 24.0 Å². The number of methoxy groups -OCH3 is 1. The highest BCUT2D eigenvalue weighted by Crippen LogP contribution is 2.27. The van der Waals surface area contributed by atoms with E-state index in [4.69, 9.17) is 9.47 Å². The molecule has 1 aromatic heterocycles. The van der Waals surface area contributed by atoms with Crippen molar-refractivity contribution in [2.24, 2.45) is 0 Å². The van der Waals surface area contributed by atoms with E-state index in [2.05, 4.69) is 4.98 Å². The van der Waals surface area contributed by atoms with Gasteiger partial charge in [0, 0.05) is 24.7 Å². The molecule has 2 heterocycles. The van der Waals surface area contributed by atoms with Gasteiger partial charge >= 0.3 is 6.09 Å². The number of ether oxygens (including phenoxy) is 2. The Morgan fingerprint density at radius 2 is 2.15 bits per heavy atom. The van der Waals surface area contributed by atoms with Crippen LogP contribution in [-0.4, -0.2) is 41.8 Å². The predicted octanol–water partition coefficient (Wildman–Crippen LogP) is 2.81. The average Bonchev–Trinajstić information content (AvgIpc) is 2.86. The van der Waals surface area contributed by atoms with Crippen molar-refractivity contribution < 1.29 is 14.3 Å². The van der Waals surface area contributed by atoms with Gasteiger partial charge in [-0.05, 0) is 39.3 Å². The minimum atomic E-state index is -0.451. The Morgan fingerprint density at radius 1 is 1.40 bits per heavy atom. The lowest BCUT2D eigenvalue weighted by molar-refractivity contribution is 0.0292. The number of likely N-dealkylation sites (tertiary alicyclic amines) is 1. The topological polar surface area (TPSA) is 51.7 Å². The van der Waals surface area contributed by atoms with Crippen LogP contribution in [-0.2, 0) is 4.74 Å². The molecule has 5 heteroatoms. The second-order valence-corrected chi connectivity index (χ2v) is 6.03. The first-order chi connectivity index (χ1) is 9.39. The summed E-state index contributed by atoms with van der Waals surface area (Å²) in [5.41, 5.74) is 0.546. The number of hydrogen-bond donors (Lipinski definition) is 0. The highest BCUT2D eigenvalue weighted by molar-refractivity contribution is 5.68. The van der Waals surface area contributed by atoms with Gasteiger partial charge in [-0.1, -0.05) is 0 Å². The molecule has 0 spiro atoms. The zero-order valence-corrected chi connectivity index (χ0v) is 12.5. The smallest absolute Gasteiger partial charge is 0.410 e. The fourth-order valence-corrected chi connectivity index (χ4v) is 2.25. The summed E-state index contributed by atoms with van der Waals surface area (Å²) in [4.78, 5) is 18.1. The summed E-state index contributed by atoms with van der Waals surface area (Å²) in [7, 11) is 1.62. The molecule has 0 radical (unpaired) electrons. The fourth-order valence-electron chi connectivity index (χ4n) is 2.25. The Kier molecular flexibility index (Phi) is 4.16. The normalized spacial score (nSPS) is 19.0. The van der Waals surface area contributed by atoms with Gasteiger partial charge in [0.2, 0.25) is 0 Å². The standard InChI is InChI=1S/C15H22N2O3/c1-15(2,3)20-14(18)17-8-7-11(10-17)13-6-5-12(19-4)9-16-13/h5-6,9,11H,7-8,10H2,1-4H3. The molecule has 1 atom stereocenters. The van der Waals surface area contributed by atoms with Crippen LogP contribution in [0.2, 0.25) is 0 Å². The summed E-state index contributed by atoms with van der Waals surface area (Å²) in [6, 6.07) is 3.86. The van der Waals surface area contributed by atoms with Gasteiger partial charge in [0.25, 0.3) is 0 Å². The van der Waals surface area contributed by atoms with Gasteiger partial charge in [0.1, 0.15) is 11.4 Å². The third-order valence-corrected chi connectivity index (χ3v) is 3.25. The van der Waals surface area contributed by atoms with Crippen LogP contribution in [0.1, 0.15) is 38.8 Å². The van der Waals surface area contributed by atoms with Crippen molar-refractivity contribution in [1.82, 2.24) is 9.88 Å². The molecule has 0 aromatic carbocycles. The third kappa shape index (κ3) is 3.62. The van der Waals surface area contributed by atoms with E-state index in [0.29, 0.717) is 13.1 Å². The summed E-state index contributed by atoms with van der Waals surface area (Å²) in [5, 5.41) is 0. The summed E-state index contributed by atoms with van der Waals surface area (Å²) >= 11 is 0. The zero-order valence-electron chi connectivity index (χ0n) is 12.5. The van der Waals surface area contributed by atoms with Crippen molar-refractivity contribution >= 4 is 6.09 Å². The molecule has 0 bridgehead atoms. The number of pyridine rings is 1. The molecule has 110 valence electrons. The van der Waals surface area contributed by atoms with E-state index in [0.717, 1.165) is 17.9 Å². The highest BCUT2D eigenvalue weighted by Gasteiger charge is 2.31. The molecular weight excluding hydrogens is 256 g/mol. The molecule has 1 aliphatic rings. The summed E-state index contributed by atoms with van der Waals surface area (Å²) in [6.45, 7) is 7.01. The lowest BCUT2D eigenvalue weighted by Gasteiger charge is -2.24. The second-order valence-electron chi connectivity index (χ2n) is 6.03. The molecule has 0 saturated carbocycles. The number of amides is 1. The number of carbonyl (C=O) groups is 1. The van der Waals surface area contributed by atoms with Gasteiger partial charge < -0.3 is 14.4 Å². The molecule has 1 fully saturated rings. The van der Waals surface area contributed by atoms with Crippen molar-refractivity contribution in [3.8, 4) is 5.75 Å². The fraction of sp³-hybridized carbons (Fsp3) is 0.600. The minimum absolute atomic E-state index is 0.242. The molecule has 5 nitrogen and oxygen atoms in total. The maximum Gasteiger partial charge on any atom is 0.410 e. The molecule has 0 aliphatic carbocycles. The Hall–Kier alpha value is -1.78. The maximum absolute atomic E-state index is 12.0. The lowest BCUT2D eigenvalue weighted by Crippen LogP contribution is -2.35. The van der Waals surface area contributed by atoms with Crippen LogP contribution >= 0.6 is 0 Å². The number of nitrogens with zero attached hydrogens (tertiary/aromatic N) is 2. The van der Waals surface area contributed by atoms with Crippen LogP contribution in [0, 0.1) is 0 Å². The molecule has 2 rings (SSSR count). The monoisotopic (exact) mass is 278 g/mol. The van der Waals surface area contributed by atoms with Crippen LogP contribution in [0.25, 0.3) is 0 Å². The van der Waals surface area contributed by atoms with Gasteiger partial charge in [-0.15, -0.1) is 0 Å². The van der Waals surface area contributed by atoms with Gasteiger partial charge in [-0.3, -0.25) is 4.98 Å². The lowest BCUT2D eigenvalue weighted by atomic mass is 10.0. The molecule has 1 unspecified atom stereocenters. The van der Waals surface area contributed by atoms with Crippen molar-refractivity contribution in [1.29, 1.82) is 0 Å². The van der Waals surface area contributed by atoms with Gasteiger partial charge in [-0.2, -0.15) is 0 Å². The van der Waals surface area contributed by atoms with Crippen LogP contribution in [0.3, 0.4) is 0 Å². The Labute approximate surface area is 119 Å². The first-order valence-electron chi connectivity index (χ1n) is 6.87. The quantitative estimate of drug-likeness (QED) is 0.834. The number of hydrogen-bond acceptors (Lipinski definition) is 4. The van der Waals surface area contributed by atoms with E-state index in [-0.39, 0.29) is 12.0 Å². The van der Waals surface area contributed by atoms with Crippen LogP contribution in [0.15, 0.2) is 18.3 Å². The van der Waals surface area contributed by atoms with Gasteiger partial charge in [0.15, 0.2) is 0 Å². The number of carbonyl (C=O) groups excluding carboxylic acids is 1. The number of aromatic nitrogens is 1. The molecular formula is C15H22N2O3. The van der Waals surface area contributed by atoms with E-state index < -0.39 is 5.60 Å². The summed E-state index contributed by atoms with van der Waals surface area (Å²) in [6.07, 6.45) is 2.39. The van der Waals surface area contributed by atoms with Crippen LogP contribution in [0.4, 0.5) is 4.79 Å². The summed E-state index contributed by atoms with van der Waals surface area (Å²) < 4.78 is 10.5. The van der Waals surface area contributed by atoms with Gasteiger partial charge in [0.05, 0.1) is 13.3 Å². The maximum atomic E-state index is 12.0. The average molecular weight is 278 g/mol. The largest absolute Gasteiger partial charge is 0.495 e. The minimum Gasteiger partial charge on any atom is -0.495 e. The van der Waals surface area contributed by atoms with E-state index in [1.165, 1.54) is 0 Å². The molecule has 1 saturated heterocycles. The van der Waals surface area contributed by atoms with Crippen LogP contribution < -0.4 is 4.74 Å². The SMILES string of the molecule is COc1ccc(C2CCN(C(=O)OC(C)(C)C)C2)nc1. The highest BCUT2D eigenvalue weighted by atomic mass is 16.6. The van der Waals surface area contributed by atoms with Crippen molar-refractivity contribution in [3.63, 3.8) is 0 Å². The molecule has 1 aliphatic heterocycles. The second kappa shape index (κ2) is 5.69.